The highest BCUT2D eigenvalue weighted by atomic mass is 19.1. The second kappa shape index (κ2) is 6.56. The first-order chi connectivity index (χ1) is 9.65. The number of rotatable bonds is 6. The van der Waals surface area contributed by atoms with E-state index in [-0.39, 0.29) is 11.7 Å². The van der Waals surface area contributed by atoms with Crippen LogP contribution in [0.15, 0.2) is 48.5 Å². The Kier molecular flexibility index (Phi) is 4.55. The maximum atomic E-state index is 12.9. The van der Waals surface area contributed by atoms with Crippen molar-refractivity contribution in [2.45, 2.75) is 0 Å². The minimum Gasteiger partial charge on any atom is -0.490 e. The lowest BCUT2D eigenvalue weighted by Gasteiger charge is -2.08. The van der Waals surface area contributed by atoms with E-state index in [1.807, 2.05) is 0 Å². The Morgan fingerprint density at radius 3 is 2.25 bits per heavy atom. The third-order valence-electron chi connectivity index (χ3n) is 2.58. The molecule has 3 N–H and O–H groups in total. The lowest BCUT2D eigenvalue weighted by Crippen LogP contribution is -2.11. The molecule has 2 aromatic rings. The molecule has 2 aromatic carbocycles. The van der Waals surface area contributed by atoms with Gasteiger partial charge in [0.1, 0.15) is 36.4 Å². The van der Waals surface area contributed by atoms with E-state index in [9.17, 15) is 4.39 Å². The molecule has 4 nitrogen and oxygen atoms in total. The zero-order valence-electron chi connectivity index (χ0n) is 10.8. The largest absolute Gasteiger partial charge is 0.490 e. The molecule has 0 saturated heterocycles. The van der Waals surface area contributed by atoms with Crippen LogP contribution in [-0.4, -0.2) is 19.0 Å². The summed E-state index contributed by atoms with van der Waals surface area (Å²) >= 11 is 0. The van der Waals surface area contributed by atoms with Crippen molar-refractivity contribution in [3.63, 3.8) is 0 Å². The number of nitrogen functional groups attached to an aromatic ring is 1. The molecule has 0 bridgehead atoms. The van der Waals surface area contributed by atoms with E-state index in [1.54, 1.807) is 36.4 Å². The molecule has 20 heavy (non-hydrogen) atoms. The number of nitrogens with one attached hydrogen (secondary N) is 1. The van der Waals surface area contributed by atoms with Gasteiger partial charge in [-0.05, 0) is 36.4 Å². The van der Waals surface area contributed by atoms with Gasteiger partial charge in [0.25, 0.3) is 0 Å². The van der Waals surface area contributed by atoms with E-state index in [0.717, 1.165) is 0 Å². The van der Waals surface area contributed by atoms with Crippen LogP contribution in [-0.2, 0) is 0 Å². The van der Waals surface area contributed by atoms with Crippen molar-refractivity contribution < 1.29 is 13.9 Å². The van der Waals surface area contributed by atoms with Crippen LogP contribution in [0.4, 0.5) is 4.39 Å². The lowest BCUT2D eigenvalue weighted by molar-refractivity contribution is 0.216. The summed E-state index contributed by atoms with van der Waals surface area (Å²) in [5, 5.41) is 7.27. The van der Waals surface area contributed by atoms with Crippen molar-refractivity contribution in [3.05, 3.63) is 59.9 Å². The monoisotopic (exact) mass is 274 g/mol. The Labute approximate surface area is 116 Å². The first-order valence-corrected chi connectivity index (χ1v) is 6.11. The Balaban J connectivity index is 1.77. The minimum atomic E-state index is -0.330. The molecule has 0 saturated carbocycles. The molecule has 0 aliphatic rings. The number of hydrogen-bond acceptors (Lipinski definition) is 3. The lowest BCUT2D eigenvalue weighted by atomic mass is 10.2. The zero-order chi connectivity index (χ0) is 14.4. The molecule has 2 rings (SSSR count). The van der Waals surface area contributed by atoms with Crippen LogP contribution in [0.25, 0.3) is 0 Å². The predicted molar refractivity (Wildman–Crippen MR) is 74.8 cm³/mol. The minimum absolute atomic E-state index is 0.0194. The van der Waals surface area contributed by atoms with Gasteiger partial charge in [-0.3, -0.25) is 5.41 Å². The first-order valence-electron chi connectivity index (χ1n) is 6.11. The number of ether oxygens (including phenoxy) is 2. The van der Waals surface area contributed by atoms with E-state index < -0.39 is 0 Å². The van der Waals surface area contributed by atoms with Crippen molar-refractivity contribution in [1.82, 2.24) is 0 Å². The molecule has 0 atom stereocenters. The summed E-state index contributed by atoms with van der Waals surface area (Å²) in [6.45, 7) is 0.661. The van der Waals surface area contributed by atoms with Crippen LogP contribution >= 0.6 is 0 Å². The Bertz CT molecular complexity index is 585. The SMILES string of the molecule is N=C(N)c1ccc(OCCOc2cccc(F)c2)cc1. The molecule has 0 amide bonds. The highest BCUT2D eigenvalue weighted by Gasteiger charge is 1.99. The summed E-state index contributed by atoms with van der Waals surface area (Å²) in [6, 6.07) is 12.9. The number of benzene rings is 2. The first kappa shape index (κ1) is 13.9. The van der Waals surface area contributed by atoms with Crippen molar-refractivity contribution >= 4 is 5.84 Å². The maximum Gasteiger partial charge on any atom is 0.126 e. The average Bonchev–Trinajstić information content (AvgIpc) is 2.44. The molecular weight excluding hydrogens is 259 g/mol. The third-order valence-corrected chi connectivity index (χ3v) is 2.58. The molecule has 0 fully saturated rings. The fourth-order valence-corrected chi connectivity index (χ4v) is 1.61. The maximum absolute atomic E-state index is 12.9. The van der Waals surface area contributed by atoms with Gasteiger partial charge in [0.05, 0.1) is 0 Å². The highest BCUT2D eigenvalue weighted by molar-refractivity contribution is 5.94. The van der Waals surface area contributed by atoms with Crippen LogP contribution in [0.3, 0.4) is 0 Å². The fourth-order valence-electron chi connectivity index (χ4n) is 1.61. The Morgan fingerprint density at radius 1 is 1.00 bits per heavy atom. The number of nitrogens with two attached hydrogens (primary N) is 1. The third kappa shape index (κ3) is 3.98. The van der Waals surface area contributed by atoms with Crippen molar-refractivity contribution in [2.24, 2.45) is 5.73 Å². The van der Waals surface area contributed by atoms with Gasteiger partial charge in [-0.25, -0.2) is 4.39 Å². The van der Waals surface area contributed by atoms with Crippen LogP contribution in [0.5, 0.6) is 11.5 Å². The smallest absolute Gasteiger partial charge is 0.126 e. The molecular formula is C15H15FN2O2. The second-order valence-corrected chi connectivity index (χ2v) is 4.09. The van der Waals surface area contributed by atoms with Gasteiger partial charge in [0.15, 0.2) is 0 Å². The number of amidine groups is 1. The normalized spacial score (nSPS) is 10.1. The fraction of sp³-hybridized carbons (Fsp3) is 0.133. The van der Waals surface area contributed by atoms with Crippen LogP contribution in [0, 0.1) is 11.2 Å². The molecule has 5 heteroatoms. The molecule has 0 aliphatic heterocycles. The second-order valence-electron chi connectivity index (χ2n) is 4.09. The Morgan fingerprint density at radius 2 is 1.65 bits per heavy atom. The summed E-state index contributed by atoms with van der Waals surface area (Å²) in [7, 11) is 0. The molecule has 0 radical (unpaired) electrons. The summed E-state index contributed by atoms with van der Waals surface area (Å²) in [5.41, 5.74) is 6.00. The van der Waals surface area contributed by atoms with Crippen LogP contribution in [0.2, 0.25) is 0 Å². The van der Waals surface area contributed by atoms with Crippen LogP contribution in [0.1, 0.15) is 5.56 Å². The van der Waals surface area contributed by atoms with E-state index >= 15 is 0 Å². The molecule has 0 heterocycles. The topological polar surface area (TPSA) is 68.3 Å². The summed E-state index contributed by atoms with van der Waals surface area (Å²) in [5.74, 6) is 0.826. The van der Waals surface area contributed by atoms with E-state index in [0.29, 0.717) is 30.3 Å². The van der Waals surface area contributed by atoms with E-state index in [4.69, 9.17) is 20.6 Å². The van der Waals surface area contributed by atoms with Gasteiger partial charge >= 0.3 is 0 Å². The quantitative estimate of drug-likeness (QED) is 0.483. The number of halogens is 1. The van der Waals surface area contributed by atoms with Gasteiger partial charge < -0.3 is 15.2 Å². The van der Waals surface area contributed by atoms with Crippen molar-refractivity contribution in [1.29, 1.82) is 5.41 Å². The molecule has 0 unspecified atom stereocenters. The van der Waals surface area contributed by atoms with Crippen molar-refractivity contribution in [3.8, 4) is 11.5 Å². The Hall–Kier alpha value is -2.56. The standard InChI is InChI=1S/C15H15FN2O2/c16-12-2-1-3-14(10-12)20-9-8-19-13-6-4-11(5-7-13)15(17)18/h1-7,10H,8-9H2,(H3,17,18). The molecule has 104 valence electrons. The summed E-state index contributed by atoms with van der Waals surface area (Å²) < 4.78 is 23.7. The predicted octanol–water partition coefficient (Wildman–Crippen LogP) is 2.57. The van der Waals surface area contributed by atoms with Gasteiger partial charge in [-0.2, -0.15) is 0 Å². The van der Waals surface area contributed by atoms with Crippen molar-refractivity contribution in [2.75, 3.05) is 13.2 Å². The van der Waals surface area contributed by atoms with E-state index in [2.05, 4.69) is 0 Å². The number of hydrogen-bond donors (Lipinski definition) is 2. The summed E-state index contributed by atoms with van der Waals surface area (Å²) in [6.07, 6.45) is 0. The molecule has 0 spiro atoms. The van der Waals surface area contributed by atoms with Gasteiger partial charge in [0.2, 0.25) is 0 Å². The zero-order valence-corrected chi connectivity index (χ0v) is 10.8. The van der Waals surface area contributed by atoms with Crippen LogP contribution < -0.4 is 15.2 Å². The highest BCUT2D eigenvalue weighted by Crippen LogP contribution is 2.13. The van der Waals surface area contributed by atoms with E-state index in [1.165, 1.54) is 12.1 Å². The molecule has 0 aliphatic carbocycles. The van der Waals surface area contributed by atoms with Gasteiger partial charge in [0, 0.05) is 11.6 Å². The summed E-state index contributed by atoms with van der Waals surface area (Å²) in [4.78, 5) is 0. The average molecular weight is 274 g/mol. The van der Waals surface area contributed by atoms with Gasteiger partial charge in [-0.15, -0.1) is 0 Å². The van der Waals surface area contributed by atoms with Gasteiger partial charge in [-0.1, -0.05) is 6.07 Å². The molecule has 0 aromatic heterocycles.